The summed E-state index contributed by atoms with van der Waals surface area (Å²) in [7, 11) is 1.71. The summed E-state index contributed by atoms with van der Waals surface area (Å²) < 4.78 is 43.2. The Kier molecular flexibility index (Phi) is 6.13. The molecule has 3 rings (SSSR count). The van der Waals surface area contributed by atoms with Gasteiger partial charge in [-0.2, -0.15) is 13.2 Å². The van der Waals surface area contributed by atoms with Gasteiger partial charge in [-0.1, -0.05) is 13.0 Å². The second-order valence-corrected chi connectivity index (χ2v) is 8.05. The Morgan fingerprint density at radius 2 is 1.93 bits per heavy atom. The molecule has 8 heteroatoms. The van der Waals surface area contributed by atoms with E-state index in [2.05, 4.69) is 0 Å². The van der Waals surface area contributed by atoms with Gasteiger partial charge in [0.25, 0.3) is 0 Å². The number of allylic oxidation sites excluding steroid dienone is 2. The van der Waals surface area contributed by atoms with Gasteiger partial charge >= 0.3 is 12.1 Å². The van der Waals surface area contributed by atoms with Crippen LogP contribution in [0.1, 0.15) is 40.5 Å². The summed E-state index contributed by atoms with van der Waals surface area (Å²) in [5.74, 6) is -1.82. The van der Waals surface area contributed by atoms with Gasteiger partial charge < -0.3 is 14.5 Å². The minimum absolute atomic E-state index is 0.0147. The minimum atomic E-state index is -4.88. The van der Waals surface area contributed by atoms with Crippen molar-refractivity contribution in [2.45, 2.75) is 52.3 Å². The zero-order valence-corrected chi connectivity index (χ0v) is 16.9. The highest BCUT2D eigenvalue weighted by molar-refractivity contribution is 5.87. The zero-order chi connectivity index (χ0) is 21.3. The molecule has 0 saturated carbocycles. The van der Waals surface area contributed by atoms with E-state index in [1.54, 1.807) is 25.5 Å². The molecule has 0 saturated heterocycles. The van der Waals surface area contributed by atoms with Crippen LogP contribution in [-0.4, -0.2) is 54.1 Å². The maximum atomic E-state index is 12.8. The van der Waals surface area contributed by atoms with Crippen molar-refractivity contribution in [3.05, 3.63) is 35.2 Å². The zero-order valence-electron chi connectivity index (χ0n) is 16.9. The fourth-order valence-corrected chi connectivity index (χ4v) is 3.40. The van der Waals surface area contributed by atoms with E-state index in [0.717, 1.165) is 16.0 Å². The van der Waals surface area contributed by atoms with E-state index in [0.29, 0.717) is 31.5 Å². The molecule has 0 fully saturated rings. The van der Waals surface area contributed by atoms with Gasteiger partial charge in [0.1, 0.15) is 0 Å². The Hall–Kier alpha value is -2.09. The predicted molar refractivity (Wildman–Crippen MR) is 98.9 cm³/mol. The molecule has 0 bridgehead atoms. The highest BCUT2D eigenvalue weighted by atomic mass is 19.4. The van der Waals surface area contributed by atoms with E-state index in [1.807, 2.05) is 27.7 Å². The Bertz CT molecular complexity index is 732. The number of nitrogens with zero attached hydrogens (tertiary/aromatic N) is 2. The van der Waals surface area contributed by atoms with Crippen LogP contribution in [0.5, 0.6) is 0 Å². The standard InChI is InChI=1S/C15H15F3N2O2.C5H12O/c1-2-10-7-11-12(10)14(3-5-19(9-21)6-4-14)8-20(11)13(22)15(16,17)18;1-5(2,3)6-4/h3,5,7,9H,2,4,6,8H2,1H3;1-4H3. The third kappa shape index (κ3) is 4.32. The van der Waals surface area contributed by atoms with Crippen LogP contribution in [-0.2, 0) is 14.3 Å². The van der Waals surface area contributed by atoms with E-state index in [4.69, 9.17) is 4.74 Å². The van der Waals surface area contributed by atoms with Crippen molar-refractivity contribution in [3.8, 4) is 0 Å². The molecule has 2 amide bonds. The molecule has 0 aromatic heterocycles. The van der Waals surface area contributed by atoms with Gasteiger partial charge in [-0.15, -0.1) is 0 Å². The number of rotatable bonds is 2. The van der Waals surface area contributed by atoms with Crippen molar-refractivity contribution < 1.29 is 27.5 Å². The molecule has 1 spiro atoms. The molecule has 1 atom stereocenters. The van der Waals surface area contributed by atoms with Gasteiger partial charge in [-0.3, -0.25) is 9.59 Å². The number of methoxy groups -OCH3 is 1. The highest BCUT2D eigenvalue weighted by Crippen LogP contribution is 2.54. The molecular formula is C20H27F3N2O3. The number of amides is 2. The smallest absolute Gasteiger partial charge is 0.379 e. The van der Waals surface area contributed by atoms with Gasteiger partial charge in [0, 0.05) is 37.5 Å². The van der Waals surface area contributed by atoms with Crippen molar-refractivity contribution >= 4 is 12.3 Å². The SMILES string of the molecule is CCC1=CC2=C1C1(C=CN(C=O)CC1)CN2C(=O)C(F)(F)F.COC(C)(C)C. The lowest BCUT2D eigenvalue weighted by molar-refractivity contribution is -0.183. The molecule has 2 heterocycles. The lowest BCUT2D eigenvalue weighted by Gasteiger charge is -2.36. The third-order valence-corrected chi connectivity index (χ3v) is 5.13. The Morgan fingerprint density at radius 1 is 1.32 bits per heavy atom. The average Bonchev–Trinajstić information content (AvgIpc) is 2.82. The fourth-order valence-electron chi connectivity index (χ4n) is 3.40. The molecule has 0 aromatic carbocycles. The van der Waals surface area contributed by atoms with Gasteiger partial charge in [0.15, 0.2) is 0 Å². The normalized spacial score (nSPS) is 23.8. The van der Waals surface area contributed by atoms with Crippen LogP contribution < -0.4 is 0 Å². The maximum absolute atomic E-state index is 12.8. The van der Waals surface area contributed by atoms with E-state index in [1.165, 1.54) is 4.90 Å². The summed E-state index contributed by atoms with van der Waals surface area (Å²) in [6.07, 6.45) is 2.03. The number of carbonyl (C=O) groups excluding carboxylic acids is 2. The number of alkyl halides is 3. The van der Waals surface area contributed by atoms with Crippen molar-refractivity contribution in [1.29, 1.82) is 0 Å². The van der Waals surface area contributed by atoms with E-state index in [-0.39, 0.29) is 12.1 Å². The first-order valence-corrected chi connectivity index (χ1v) is 9.18. The quantitative estimate of drug-likeness (QED) is 0.663. The second-order valence-electron chi connectivity index (χ2n) is 8.05. The molecular weight excluding hydrogens is 373 g/mol. The van der Waals surface area contributed by atoms with Gasteiger partial charge in [-0.25, -0.2) is 0 Å². The number of hydrogen-bond acceptors (Lipinski definition) is 3. The summed E-state index contributed by atoms with van der Waals surface area (Å²) in [5, 5.41) is 0. The van der Waals surface area contributed by atoms with Gasteiger partial charge in [-0.05, 0) is 50.8 Å². The second kappa shape index (κ2) is 7.73. The van der Waals surface area contributed by atoms with Crippen molar-refractivity contribution in [3.63, 3.8) is 0 Å². The first-order valence-electron chi connectivity index (χ1n) is 9.18. The fraction of sp³-hybridized carbons (Fsp3) is 0.600. The van der Waals surface area contributed by atoms with Crippen molar-refractivity contribution in [1.82, 2.24) is 9.80 Å². The van der Waals surface area contributed by atoms with Crippen LogP contribution in [0.25, 0.3) is 0 Å². The molecule has 2 aliphatic heterocycles. The van der Waals surface area contributed by atoms with Crippen LogP contribution in [0.3, 0.4) is 0 Å². The molecule has 5 nitrogen and oxygen atoms in total. The molecule has 156 valence electrons. The summed E-state index contributed by atoms with van der Waals surface area (Å²) in [6.45, 7) is 8.41. The van der Waals surface area contributed by atoms with Crippen molar-refractivity contribution in [2.24, 2.45) is 5.41 Å². The topological polar surface area (TPSA) is 49.9 Å². The van der Waals surface area contributed by atoms with E-state index < -0.39 is 17.5 Å². The van der Waals surface area contributed by atoms with Crippen LogP contribution in [0, 0.1) is 5.41 Å². The lowest BCUT2D eigenvalue weighted by atomic mass is 9.70. The first kappa shape index (κ1) is 22.2. The largest absolute Gasteiger partial charge is 0.471 e. The van der Waals surface area contributed by atoms with Crippen LogP contribution in [0.4, 0.5) is 13.2 Å². The number of ether oxygens (including phenoxy) is 1. The lowest BCUT2D eigenvalue weighted by Crippen LogP contribution is -2.42. The highest BCUT2D eigenvalue weighted by Gasteiger charge is 2.54. The number of halogens is 3. The number of carbonyl (C=O) groups is 2. The molecule has 0 N–H and O–H groups in total. The van der Waals surface area contributed by atoms with E-state index >= 15 is 0 Å². The Morgan fingerprint density at radius 3 is 2.32 bits per heavy atom. The monoisotopic (exact) mass is 400 g/mol. The molecule has 3 aliphatic rings. The summed E-state index contributed by atoms with van der Waals surface area (Å²) in [6, 6.07) is 0. The third-order valence-electron chi connectivity index (χ3n) is 5.13. The Balaban J connectivity index is 0.000000409. The molecule has 0 radical (unpaired) electrons. The number of fused-ring (bicyclic) bond motifs is 1. The predicted octanol–water partition coefficient (Wildman–Crippen LogP) is 3.79. The van der Waals surface area contributed by atoms with Crippen LogP contribution in [0.15, 0.2) is 35.2 Å². The first-order chi connectivity index (χ1) is 12.9. The van der Waals surface area contributed by atoms with Crippen molar-refractivity contribution in [2.75, 3.05) is 20.2 Å². The number of hydrogen-bond donors (Lipinski definition) is 0. The van der Waals surface area contributed by atoms with Crippen LogP contribution >= 0.6 is 0 Å². The average molecular weight is 400 g/mol. The van der Waals surface area contributed by atoms with E-state index in [9.17, 15) is 22.8 Å². The van der Waals surface area contributed by atoms with Crippen LogP contribution in [0.2, 0.25) is 0 Å². The summed E-state index contributed by atoms with van der Waals surface area (Å²) in [4.78, 5) is 24.7. The summed E-state index contributed by atoms with van der Waals surface area (Å²) in [5.41, 5.74) is 1.63. The molecule has 1 unspecified atom stereocenters. The summed E-state index contributed by atoms with van der Waals surface area (Å²) >= 11 is 0. The molecule has 0 aromatic rings. The minimum Gasteiger partial charge on any atom is -0.379 e. The molecule has 28 heavy (non-hydrogen) atoms. The maximum Gasteiger partial charge on any atom is 0.471 e. The van der Waals surface area contributed by atoms with Gasteiger partial charge in [0.05, 0.1) is 5.60 Å². The Labute approximate surface area is 163 Å². The molecule has 1 aliphatic carbocycles. The van der Waals surface area contributed by atoms with Gasteiger partial charge in [0.2, 0.25) is 6.41 Å².